The summed E-state index contributed by atoms with van der Waals surface area (Å²) in [5.74, 6) is 1.42. The molecule has 4 heterocycles. The summed E-state index contributed by atoms with van der Waals surface area (Å²) in [4.78, 5) is 35.1. The van der Waals surface area contributed by atoms with Gasteiger partial charge in [-0.25, -0.2) is 4.98 Å². The normalized spacial score (nSPS) is 18.2. The van der Waals surface area contributed by atoms with Crippen LogP contribution in [-0.4, -0.2) is 47.7 Å². The Hall–Kier alpha value is -2.76. The van der Waals surface area contributed by atoms with E-state index in [0.29, 0.717) is 0 Å². The molecule has 6 heteroatoms. The minimum atomic E-state index is 0.0115. The maximum absolute atomic E-state index is 11.4. The van der Waals surface area contributed by atoms with Crippen LogP contribution in [0.25, 0.3) is 0 Å². The van der Waals surface area contributed by atoms with Gasteiger partial charge in [0.1, 0.15) is 5.82 Å². The van der Waals surface area contributed by atoms with Crippen LogP contribution in [0.1, 0.15) is 65.5 Å². The number of aryl methyl sites for hydroxylation is 2. The average Bonchev–Trinajstić information content (AvgIpc) is 2.82. The second-order valence-corrected chi connectivity index (χ2v) is 7.54. The first-order chi connectivity index (χ1) is 15.4. The maximum atomic E-state index is 11.4. The van der Waals surface area contributed by atoms with Crippen LogP contribution in [0.15, 0.2) is 36.8 Å². The molecule has 6 nitrogen and oxygen atoms in total. The third kappa shape index (κ3) is 6.62. The van der Waals surface area contributed by atoms with Crippen LogP contribution < -0.4 is 9.80 Å². The van der Waals surface area contributed by atoms with Crippen molar-refractivity contribution < 1.29 is 9.59 Å². The molecule has 32 heavy (non-hydrogen) atoms. The lowest BCUT2D eigenvalue weighted by Gasteiger charge is -2.33. The SMILES string of the molecule is CC.CC.CC(=O)C1CCc2cccnc2N1C.CC(=O)C1CCc2ccncc2N1C. The zero-order valence-corrected chi connectivity index (χ0v) is 21.1. The van der Waals surface area contributed by atoms with Gasteiger partial charge in [0.05, 0.1) is 24.0 Å². The number of ketones is 2. The van der Waals surface area contributed by atoms with Crippen molar-refractivity contribution in [1.29, 1.82) is 0 Å². The summed E-state index contributed by atoms with van der Waals surface area (Å²) >= 11 is 0. The Bertz CT molecular complexity index is 797. The number of carbonyl (C=O) groups is 2. The summed E-state index contributed by atoms with van der Waals surface area (Å²) in [5, 5.41) is 0. The van der Waals surface area contributed by atoms with E-state index in [-0.39, 0.29) is 23.7 Å². The lowest BCUT2D eigenvalue weighted by molar-refractivity contribution is -0.119. The first-order valence-corrected chi connectivity index (χ1v) is 11.7. The van der Waals surface area contributed by atoms with E-state index >= 15 is 0 Å². The first-order valence-electron chi connectivity index (χ1n) is 11.7. The maximum Gasteiger partial charge on any atom is 0.152 e. The van der Waals surface area contributed by atoms with Gasteiger partial charge in [0.25, 0.3) is 0 Å². The van der Waals surface area contributed by atoms with Crippen LogP contribution in [-0.2, 0) is 22.4 Å². The molecule has 2 aromatic rings. The minimum Gasteiger partial charge on any atom is -0.363 e. The monoisotopic (exact) mass is 440 g/mol. The van der Waals surface area contributed by atoms with E-state index in [4.69, 9.17) is 0 Å². The molecule has 0 aliphatic carbocycles. The number of Topliss-reactive ketones (excluding diaryl/α,β-unsaturated/α-hetero) is 2. The van der Waals surface area contributed by atoms with Crippen molar-refractivity contribution in [2.45, 2.75) is 79.3 Å². The van der Waals surface area contributed by atoms with Crippen LogP contribution in [0.2, 0.25) is 0 Å². The third-order valence-electron chi connectivity index (χ3n) is 5.72. The van der Waals surface area contributed by atoms with Crippen LogP contribution in [0, 0.1) is 0 Å². The van der Waals surface area contributed by atoms with Gasteiger partial charge in [0, 0.05) is 26.5 Å². The number of carbonyl (C=O) groups excluding carboxylic acids is 2. The number of aromatic nitrogens is 2. The molecule has 0 radical (unpaired) electrons. The number of nitrogens with zero attached hydrogens (tertiary/aromatic N) is 4. The van der Waals surface area contributed by atoms with E-state index in [2.05, 4.69) is 16.0 Å². The van der Waals surface area contributed by atoms with Crippen molar-refractivity contribution in [3.8, 4) is 0 Å². The number of anilines is 2. The van der Waals surface area contributed by atoms with Crippen molar-refractivity contribution >= 4 is 23.1 Å². The highest BCUT2D eigenvalue weighted by Crippen LogP contribution is 2.28. The van der Waals surface area contributed by atoms with E-state index in [1.165, 1.54) is 11.1 Å². The standard InChI is InChI=1S/2C11H14N2O.2C2H6/c1-8(14)10-4-3-9-5-6-12-7-11(9)13(10)2;1-8(14)10-6-5-9-4-3-7-12-11(9)13(10)2;2*1-2/h5-7,10H,3-4H2,1-2H3;3-4,7,10H,5-6H2,1-2H3;2*1-2H3. The number of rotatable bonds is 2. The highest BCUT2D eigenvalue weighted by molar-refractivity contribution is 5.86. The summed E-state index contributed by atoms with van der Waals surface area (Å²) in [6.07, 6.45) is 9.18. The number of hydrogen-bond acceptors (Lipinski definition) is 6. The largest absolute Gasteiger partial charge is 0.363 e. The van der Waals surface area contributed by atoms with Crippen LogP contribution in [0.4, 0.5) is 11.5 Å². The second-order valence-electron chi connectivity index (χ2n) is 7.54. The van der Waals surface area contributed by atoms with Gasteiger partial charge < -0.3 is 9.80 Å². The minimum absolute atomic E-state index is 0.0115. The molecule has 0 bridgehead atoms. The van der Waals surface area contributed by atoms with Crippen molar-refractivity contribution in [2.75, 3.05) is 23.9 Å². The molecule has 2 unspecified atom stereocenters. The predicted octanol–water partition coefficient (Wildman–Crippen LogP) is 4.90. The first kappa shape index (κ1) is 27.3. The van der Waals surface area contributed by atoms with E-state index in [0.717, 1.165) is 37.2 Å². The van der Waals surface area contributed by atoms with Crippen LogP contribution in [0.5, 0.6) is 0 Å². The van der Waals surface area contributed by atoms with Gasteiger partial charge >= 0.3 is 0 Å². The fourth-order valence-electron chi connectivity index (χ4n) is 4.13. The van der Waals surface area contributed by atoms with Crippen molar-refractivity contribution in [3.63, 3.8) is 0 Å². The van der Waals surface area contributed by atoms with E-state index < -0.39 is 0 Å². The lowest BCUT2D eigenvalue weighted by Crippen LogP contribution is -2.41. The highest BCUT2D eigenvalue weighted by Gasteiger charge is 2.27. The van der Waals surface area contributed by atoms with Crippen molar-refractivity contribution in [1.82, 2.24) is 9.97 Å². The fourth-order valence-corrected chi connectivity index (χ4v) is 4.13. The molecule has 0 spiro atoms. The van der Waals surface area contributed by atoms with Gasteiger partial charge in [-0.3, -0.25) is 14.6 Å². The summed E-state index contributed by atoms with van der Waals surface area (Å²) in [6.45, 7) is 11.3. The van der Waals surface area contributed by atoms with Gasteiger partial charge in [-0.1, -0.05) is 33.8 Å². The molecule has 2 atom stereocenters. The number of hydrogen-bond donors (Lipinski definition) is 0. The zero-order chi connectivity index (χ0) is 24.3. The van der Waals surface area contributed by atoms with Gasteiger partial charge in [0.15, 0.2) is 11.6 Å². The fraction of sp³-hybridized carbons (Fsp3) is 0.538. The van der Waals surface area contributed by atoms with Crippen molar-refractivity contribution in [2.24, 2.45) is 0 Å². The quantitative estimate of drug-likeness (QED) is 0.662. The molecule has 2 aromatic heterocycles. The molecular weight excluding hydrogens is 400 g/mol. The van der Waals surface area contributed by atoms with E-state index in [9.17, 15) is 9.59 Å². The molecule has 0 saturated heterocycles. The Kier molecular flexibility index (Phi) is 11.6. The molecule has 2 aliphatic heterocycles. The van der Waals surface area contributed by atoms with Gasteiger partial charge in [0.2, 0.25) is 0 Å². The summed E-state index contributed by atoms with van der Waals surface area (Å²) in [5.41, 5.74) is 3.63. The molecule has 2 aliphatic rings. The second kappa shape index (κ2) is 13.6. The molecule has 0 amide bonds. The molecule has 0 N–H and O–H groups in total. The number of likely N-dealkylation sites (N-methyl/N-ethyl adjacent to an activating group) is 2. The molecule has 0 fully saturated rings. The van der Waals surface area contributed by atoms with Crippen LogP contribution >= 0.6 is 0 Å². The topological polar surface area (TPSA) is 66.4 Å². The molecular formula is C26H40N4O2. The van der Waals surface area contributed by atoms with Gasteiger partial charge in [-0.05, 0) is 62.8 Å². The summed E-state index contributed by atoms with van der Waals surface area (Å²) in [6, 6.07) is 6.10. The summed E-state index contributed by atoms with van der Waals surface area (Å²) in [7, 11) is 3.91. The number of fused-ring (bicyclic) bond motifs is 2. The Morgan fingerprint density at radius 1 is 0.844 bits per heavy atom. The van der Waals surface area contributed by atoms with E-state index in [1.54, 1.807) is 26.2 Å². The summed E-state index contributed by atoms with van der Waals surface area (Å²) < 4.78 is 0. The Morgan fingerprint density at radius 2 is 1.41 bits per heavy atom. The average molecular weight is 441 g/mol. The molecule has 176 valence electrons. The Balaban J connectivity index is 0.000000277. The highest BCUT2D eigenvalue weighted by atomic mass is 16.1. The Morgan fingerprint density at radius 3 is 2.00 bits per heavy atom. The van der Waals surface area contributed by atoms with Gasteiger partial charge in [-0.2, -0.15) is 0 Å². The molecule has 4 rings (SSSR count). The lowest BCUT2D eigenvalue weighted by atomic mass is 9.96. The van der Waals surface area contributed by atoms with E-state index in [1.807, 2.05) is 69.9 Å². The van der Waals surface area contributed by atoms with Crippen molar-refractivity contribution in [3.05, 3.63) is 47.9 Å². The van der Waals surface area contributed by atoms with Crippen LogP contribution in [0.3, 0.4) is 0 Å². The molecule has 0 aromatic carbocycles. The predicted molar refractivity (Wildman–Crippen MR) is 134 cm³/mol. The third-order valence-corrected chi connectivity index (χ3v) is 5.72. The Labute approximate surface area is 194 Å². The van der Waals surface area contributed by atoms with Gasteiger partial charge in [-0.15, -0.1) is 0 Å². The smallest absolute Gasteiger partial charge is 0.152 e. The zero-order valence-electron chi connectivity index (χ0n) is 21.1. The molecule has 0 saturated carbocycles. The number of pyridine rings is 2.